The molecule has 0 saturated carbocycles. The van der Waals surface area contributed by atoms with Gasteiger partial charge in [0.15, 0.2) is 0 Å². The topological polar surface area (TPSA) is 65.2 Å². The number of fused-ring (bicyclic) bond motifs is 1. The summed E-state index contributed by atoms with van der Waals surface area (Å²) in [7, 11) is 0. The lowest BCUT2D eigenvalue weighted by molar-refractivity contribution is -0.133. The highest BCUT2D eigenvalue weighted by Gasteiger charge is 2.30. The standard InChI is InChI=1S/C26H28FN3O2/c1-16(2)24(29-25(31)19-6-4-17(3)5-7-19)26(32)30-12-10-18(11-13-30)22-15-28-23-14-20(27)8-9-21(22)23/h4-10,14-16,24,28H,11-13H2,1-3H3,(H,29,31). The maximum Gasteiger partial charge on any atom is 0.251 e. The molecule has 2 N–H and O–H groups in total. The van der Waals surface area contributed by atoms with Gasteiger partial charge in [0, 0.05) is 41.3 Å². The van der Waals surface area contributed by atoms with Gasteiger partial charge in [0.05, 0.1) is 0 Å². The van der Waals surface area contributed by atoms with Gasteiger partial charge in [-0.3, -0.25) is 9.59 Å². The highest BCUT2D eigenvalue weighted by Crippen LogP contribution is 2.30. The largest absolute Gasteiger partial charge is 0.360 e. The molecule has 0 fully saturated rings. The van der Waals surface area contributed by atoms with Gasteiger partial charge in [0.2, 0.25) is 5.91 Å². The fraction of sp³-hybridized carbons (Fsp3) is 0.308. The molecule has 0 spiro atoms. The van der Waals surface area contributed by atoms with E-state index in [-0.39, 0.29) is 23.5 Å². The predicted molar refractivity (Wildman–Crippen MR) is 125 cm³/mol. The number of benzene rings is 2. The van der Waals surface area contributed by atoms with Crippen molar-refractivity contribution >= 4 is 28.3 Å². The van der Waals surface area contributed by atoms with Crippen molar-refractivity contribution < 1.29 is 14.0 Å². The van der Waals surface area contributed by atoms with E-state index in [1.807, 2.05) is 45.2 Å². The first kappa shape index (κ1) is 21.8. The van der Waals surface area contributed by atoms with E-state index in [4.69, 9.17) is 0 Å². The Balaban J connectivity index is 1.47. The van der Waals surface area contributed by atoms with E-state index in [9.17, 15) is 14.0 Å². The van der Waals surface area contributed by atoms with Crippen molar-refractivity contribution in [2.24, 2.45) is 5.92 Å². The van der Waals surface area contributed by atoms with E-state index in [1.54, 1.807) is 23.1 Å². The summed E-state index contributed by atoms with van der Waals surface area (Å²) in [5.41, 5.74) is 4.56. The Morgan fingerprint density at radius 1 is 1.12 bits per heavy atom. The molecule has 1 aliphatic heterocycles. The summed E-state index contributed by atoms with van der Waals surface area (Å²) in [5.74, 6) is -0.619. The van der Waals surface area contributed by atoms with Gasteiger partial charge in [0.25, 0.3) is 5.91 Å². The average Bonchev–Trinajstić information content (AvgIpc) is 3.20. The molecule has 5 nitrogen and oxygen atoms in total. The second-order valence-electron chi connectivity index (χ2n) is 8.72. The molecule has 4 rings (SSSR count). The molecular formula is C26H28FN3O2. The summed E-state index contributed by atoms with van der Waals surface area (Å²) in [5, 5.41) is 3.90. The molecule has 1 atom stereocenters. The van der Waals surface area contributed by atoms with Gasteiger partial charge in [0.1, 0.15) is 11.9 Å². The monoisotopic (exact) mass is 433 g/mol. The lowest BCUT2D eigenvalue weighted by Crippen LogP contribution is -2.52. The van der Waals surface area contributed by atoms with Crippen LogP contribution in [0.2, 0.25) is 0 Å². The van der Waals surface area contributed by atoms with Crippen molar-refractivity contribution in [1.29, 1.82) is 0 Å². The second-order valence-corrected chi connectivity index (χ2v) is 8.72. The third-order valence-corrected chi connectivity index (χ3v) is 6.04. The molecule has 1 aromatic heterocycles. The first-order valence-electron chi connectivity index (χ1n) is 11.0. The number of aryl methyl sites for hydroxylation is 1. The summed E-state index contributed by atoms with van der Waals surface area (Å²) >= 11 is 0. The molecule has 0 saturated heterocycles. The minimum Gasteiger partial charge on any atom is -0.360 e. The normalized spacial score (nSPS) is 15.0. The Kier molecular flexibility index (Phi) is 6.12. The highest BCUT2D eigenvalue weighted by atomic mass is 19.1. The van der Waals surface area contributed by atoms with Gasteiger partial charge >= 0.3 is 0 Å². The Hall–Kier alpha value is -3.41. The molecular weight excluding hydrogens is 405 g/mol. The number of halogens is 1. The van der Waals surface area contributed by atoms with Crippen LogP contribution in [0.3, 0.4) is 0 Å². The van der Waals surface area contributed by atoms with Crippen LogP contribution in [0.1, 0.15) is 41.8 Å². The molecule has 2 heterocycles. The first-order chi connectivity index (χ1) is 15.3. The third kappa shape index (κ3) is 4.44. The van der Waals surface area contributed by atoms with Crippen LogP contribution in [0, 0.1) is 18.7 Å². The summed E-state index contributed by atoms with van der Waals surface area (Å²) in [6.07, 6.45) is 4.64. The number of H-pyrrole nitrogens is 1. The van der Waals surface area contributed by atoms with Gasteiger partial charge in [-0.1, -0.05) is 37.6 Å². The van der Waals surface area contributed by atoms with E-state index in [0.717, 1.165) is 27.6 Å². The minimum atomic E-state index is -0.588. The maximum atomic E-state index is 13.5. The molecule has 2 amide bonds. The molecule has 6 heteroatoms. The van der Waals surface area contributed by atoms with Gasteiger partial charge in [-0.2, -0.15) is 0 Å². The van der Waals surface area contributed by atoms with Gasteiger partial charge in [-0.05, 0) is 55.2 Å². The second kappa shape index (κ2) is 8.99. The lowest BCUT2D eigenvalue weighted by Gasteiger charge is -2.32. The van der Waals surface area contributed by atoms with Crippen LogP contribution in [0.4, 0.5) is 4.39 Å². The van der Waals surface area contributed by atoms with Crippen molar-refractivity contribution in [1.82, 2.24) is 15.2 Å². The summed E-state index contributed by atoms with van der Waals surface area (Å²) in [6.45, 7) is 6.89. The highest BCUT2D eigenvalue weighted by molar-refractivity contribution is 5.98. The number of nitrogens with one attached hydrogen (secondary N) is 2. The number of nitrogens with zero attached hydrogens (tertiary/aromatic N) is 1. The first-order valence-corrected chi connectivity index (χ1v) is 11.0. The van der Waals surface area contributed by atoms with Crippen LogP contribution in [-0.2, 0) is 4.79 Å². The van der Waals surface area contributed by atoms with E-state index < -0.39 is 6.04 Å². The minimum absolute atomic E-state index is 0.0363. The van der Waals surface area contributed by atoms with Gasteiger partial charge in [-0.25, -0.2) is 4.39 Å². The summed E-state index contributed by atoms with van der Waals surface area (Å²) < 4.78 is 13.5. The van der Waals surface area contributed by atoms with Gasteiger partial charge in [-0.15, -0.1) is 0 Å². The lowest BCUT2D eigenvalue weighted by atomic mass is 9.97. The van der Waals surface area contributed by atoms with E-state index in [2.05, 4.69) is 10.3 Å². The van der Waals surface area contributed by atoms with Crippen LogP contribution in [0.25, 0.3) is 16.5 Å². The Bertz CT molecular complexity index is 1180. The van der Waals surface area contributed by atoms with Crippen molar-refractivity contribution in [3.05, 3.63) is 77.2 Å². The number of rotatable bonds is 5. The molecule has 0 aliphatic carbocycles. The molecule has 1 aliphatic rings. The number of hydrogen-bond acceptors (Lipinski definition) is 2. The van der Waals surface area contributed by atoms with Crippen LogP contribution >= 0.6 is 0 Å². The number of carbonyl (C=O) groups excluding carboxylic acids is 2. The molecule has 3 aromatic rings. The number of carbonyl (C=O) groups is 2. The van der Waals surface area contributed by atoms with Crippen molar-refractivity contribution in [3.63, 3.8) is 0 Å². The van der Waals surface area contributed by atoms with Crippen molar-refractivity contribution in [3.8, 4) is 0 Å². The quantitative estimate of drug-likeness (QED) is 0.613. The molecule has 32 heavy (non-hydrogen) atoms. The number of aromatic amines is 1. The fourth-order valence-corrected chi connectivity index (χ4v) is 4.12. The predicted octanol–water partition coefficient (Wildman–Crippen LogP) is 4.69. The number of amides is 2. The SMILES string of the molecule is Cc1ccc(C(=O)NC(C(=O)N2CC=C(c3c[nH]c4cc(F)ccc34)CC2)C(C)C)cc1. The fourth-order valence-electron chi connectivity index (χ4n) is 4.12. The molecule has 0 bridgehead atoms. The van der Waals surface area contributed by atoms with Crippen LogP contribution in [0.5, 0.6) is 0 Å². The van der Waals surface area contributed by atoms with E-state index in [0.29, 0.717) is 25.1 Å². The zero-order chi connectivity index (χ0) is 22.8. The van der Waals surface area contributed by atoms with Crippen molar-refractivity contribution in [2.45, 2.75) is 33.2 Å². The summed E-state index contributed by atoms with van der Waals surface area (Å²) in [6, 6.07) is 11.5. The van der Waals surface area contributed by atoms with E-state index in [1.165, 1.54) is 12.1 Å². The average molecular weight is 434 g/mol. The van der Waals surface area contributed by atoms with Crippen LogP contribution in [-0.4, -0.2) is 40.8 Å². The van der Waals surface area contributed by atoms with Gasteiger partial charge < -0.3 is 15.2 Å². The Labute approximate surface area is 187 Å². The maximum absolute atomic E-state index is 13.5. The zero-order valence-corrected chi connectivity index (χ0v) is 18.6. The van der Waals surface area contributed by atoms with Crippen LogP contribution < -0.4 is 5.32 Å². The Morgan fingerprint density at radius 3 is 2.53 bits per heavy atom. The van der Waals surface area contributed by atoms with Crippen molar-refractivity contribution in [2.75, 3.05) is 13.1 Å². The molecule has 1 unspecified atom stereocenters. The third-order valence-electron chi connectivity index (χ3n) is 6.04. The number of aromatic nitrogens is 1. The molecule has 0 radical (unpaired) electrons. The smallest absolute Gasteiger partial charge is 0.251 e. The summed E-state index contributed by atoms with van der Waals surface area (Å²) in [4.78, 5) is 30.8. The van der Waals surface area contributed by atoms with E-state index >= 15 is 0 Å². The zero-order valence-electron chi connectivity index (χ0n) is 18.6. The molecule has 166 valence electrons. The van der Waals surface area contributed by atoms with Crippen LogP contribution in [0.15, 0.2) is 54.7 Å². The Morgan fingerprint density at radius 2 is 1.88 bits per heavy atom. The molecule has 2 aromatic carbocycles. The number of hydrogen-bond donors (Lipinski definition) is 2.